The van der Waals surface area contributed by atoms with Gasteiger partial charge in [-0.2, -0.15) is 0 Å². The lowest BCUT2D eigenvalue weighted by atomic mass is 10.0. The Kier molecular flexibility index (Phi) is 5.76. The van der Waals surface area contributed by atoms with Crippen molar-refractivity contribution in [3.63, 3.8) is 0 Å². The van der Waals surface area contributed by atoms with E-state index in [0.717, 1.165) is 55.2 Å². The number of benzene rings is 2. The molecule has 2 aromatic rings. The molecular weight excluding hydrogens is 319 g/mol. The molecule has 4 nitrogen and oxygen atoms in total. The Morgan fingerprint density at radius 2 is 1.76 bits per heavy atom. The number of nitrogens with zero attached hydrogens (tertiary/aromatic N) is 1. The molecule has 1 aliphatic heterocycles. The average Bonchev–Trinajstić information content (AvgIpc) is 2.65. The Morgan fingerprint density at radius 1 is 1.04 bits per heavy atom. The van der Waals surface area contributed by atoms with Crippen molar-refractivity contribution in [3.05, 3.63) is 53.8 Å². The molecule has 0 radical (unpaired) electrons. The molecule has 0 atom stereocenters. The van der Waals surface area contributed by atoms with Crippen LogP contribution >= 0.6 is 0 Å². The highest BCUT2D eigenvalue weighted by molar-refractivity contribution is 5.44. The highest BCUT2D eigenvalue weighted by Gasteiger charge is 2.20. The lowest BCUT2D eigenvalue weighted by Crippen LogP contribution is -2.38. The van der Waals surface area contributed by atoms with Gasteiger partial charge in [-0.3, -0.25) is 4.90 Å². The number of rotatable bonds is 6. The van der Waals surface area contributed by atoms with Gasteiger partial charge in [-0.15, -0.1) is 0 Å². The SMILES string of the molecule is COc1ccc(OC)c(CN2CCC(Nc3ccc(F)cc3)CC2)c1. The summed E-state index contributed by atoms with van der Waals surface area (Å²) in [5.74, 6) is 1.55. The lowest BCUT2D eigenvalue weighted by molar-refractivity contribution is 0.208. The van der Waals surface area contributed by atoms with Crippen molar-refractivity contribution in [2.24, 2.45) is 0 Å². The second-order valence-corrected chi connectivity index (χ2v) is 6.38. The molecule has 1 fully saturated rings. The number of piperidine rings is 1. The fraction of sp³-hybridized carbons (Fsp3) is 0.400. The lowest BCUT2D eigenvalue weighted by Gasteiger charge is -2.33. The van der Waals surface area contributed by atoms with Crippen LogP contribution < -0.4 is 14.8 Å². The standard InChI is InChI=1S/C20H25FN2O2/c1-24-19-7-8-20(25-2)15(13-19)14-23-11-9-18(10-12-23)22-17-5-3-16(21)4-6-17/h3-8,13,18,22H,9-12,14H2,1-2H3. The number of halogens is 1. The molecule has 1 saturated heterocycles. The predicted octanol–water partition coefficient (Wildman–Crippen LogP) is 3.92. The van der Waals surface area contributed by atoms with Crippen LogP contribution in [0.15, 0.2) is 42.5 Å². The summed E-state index contributed by atoms with van der Waals surface area (Å²) in [4.78, 5) is 2.43. The Balaban J connectivity index is 1.55. The van der Waals surface area contributed by atoms with Crippen LogP contribution in [0.25, 0.3) is 0 Å². The van der Waals surface area contributed by atoms with Crippen LogP contribution in [0.4, 0.5) is 10.1 Å². The largest absolute Gasteiger partial charge is 0.497 e. The Labute approximate surface area is 148 Å². The van der Waals surface area contributed by atoms with E-state index in [4.69, 9.17) is 9.47 Å². The molecule has 5 heteroatoms. The van der Waals surface area contributed by atoms with E-state index in [1.807, 2.05) is 18.2 Å². The summed E-state index contributed by atoms with van der Waals surface area (Å²) in [5.41, 5.74) is 2.13. The number of methoxy groups -OCH3 is 2. The molecule has 0 saturated carbocycles. The van der Waals surface area contributed by atoms with Gasteiger partial charge in [0.25, 0.3) is 0 Å². The minimum absolute atomic E-state index is 0.201. The summed E-state index contributed by atoms with van der Waals surface area (Å²) in [6, 6.07) is 12.9. The molecule has 0 spiro atoms. The van der Waals surface area contributed by atoms with Crippen molar-refractivity contribution >= 4 is 5.69 Å². The minimum Gasteiger partial charge on any atom is -0.497 e. The van der Waals surface area contributed by atoms with E-state index in [9.17, 15) is 4.39 Å². The fourth-order valence-electron chi connectivity index (χ4n) is 3.26. The van der Waals surface area contributed by atoms with Gasteiger partial charge in [0.15, 0.2) is 0 Å². The molecule has 3 rings (SSSR count). The zero-order chi connectivity index (χ0) is 17.6. The second-order valence-electron chi connectivity index (χ2n) is 6.38. The van der Waals surface area contributed by atoms with E-state index >= 15 is 0 Å². The third-order valence-corrected chi connectivity index (χ3v) is 4.68. The summed E-state index contributed by atoms with van der Waals surface area (Å²) in [5, 5.41) is 3.50. The topological polar surface area (TPSA) is 33.7 Å². The number of anilines is 1. The van der Waals surface area contributed by atoms with Crippen LogP contribution in [-0.4, -0.2) is 38.3 Å². The van der Waals surface area contributed by atoms with Gasteiger partial charge in [0, 0.05) is 36.9 Å². The number of ether oxygens (including phenoxy) is 2. The summed E-state index contributed by atoms with van der Waals surface area (Å²) in [6.45, 7) is 2.88. The maximum absolute atomic E-state index is 13.0. The molecule has 0 amide bonds. The fourth-order valence-corrected chi connectivity index (χ4v) is 3.26. The smallest absolute Gasteiger partial charge is 0.123 e. The van der Waals surface area contributed by atoms with E-state index < -0.39 is 0 Å². The van der Waals surface area contributed by atoms with Crippen molar-refractivity contribution < 1.29 is 13.9 Å². The molecule has 1 N–H and O–H groups in total. The molecule has 134 valence electrons. The van der Waals surface area contributed by atoms with E-state index in [1.54, 1.807) is 26.4 Å². The van der Waals surface area contributed by atoms with Crippen LogP contribution in [0, 0.1) is 5.82 Å². The first-order chi connectivity index (χ1) is 12.2. The third kappa shape index (κ3) is 4.63. The van der Waals surface area contributed by atoms with Crippen molar-refractivity contribution in [2.45, 2.75) is 25.4 Å². The number of likely N-dealkylation sites (tertiary alicyclic amines) is 1. The van der Waals surface area contributed by atoms with Gasteiger partial charge in [0.2, 0.25) is 0 Å². The first kappa shape index (κ1) is 17.5. The van der Waals surface area contributed by atoms with E-state index in [1.165, 1.54) is 12.1 Å². The van der Waals surface area contributed by atoms with E-state index in [2.05, 4.69) is 10.2 Å². The zero-order valence-electron chi connectivity index (χ0n) is 14.8. The maximum atomic E-state index is 13.0. The van der Waals surface area contributed by atoms with Gasteiger partial charge >= 0.3 is 0 Å². The Hall–Kier alpha value is -2.27. The zero-order valence-corrected chi connectivity index (χ0v) is 14.8. The third-order valence-electron chi connectivity index (χ3n) is 4.68. The molecule has 0 aliphatic carbocycles. The van der Waals surface area contributed by atoms with E-state index in [-0.39, 0.29) is 5.82 Å². The van der Waals surface area contributed by atoms with Gasteiger partial charge in [-0.1, -0.05) is 0 Å². The highest BCUT2D eigenvalue weighted by atomic mass is 19.1. The van der Waals surface area contributed by atoms with Gasteiger partial charge in [0.1, 0.15) is 17.3 Å². The van der Waals surface area contributed by atoms with Gasteiger partial charge in [-0.25, -0.2) is 4.39 Å². The van der Waals surface area contributed by atoms with Crippen LogP contribution in [0.1, 0.15) is 18.4 Å². The Morgan fingerprint density at radius 3 is 2.40 bits per heavy atom. The summed E-state index contributed by atoms with van der Waals surface area (Å²) < 4.78 is 23.8. The predicted molar refractivity (Wildman–Crippen MR) is 97.9 cm³/mol. The summed E-state index contributed by atoms with van der Waals surface area (Å²) in [6.07, 6.45) is 2.12. The Bertz CT molecular complexity index is 683. The van der Waals surface area contributed by atoms with Crippen LogP contribution in [0.3, 0.4) is 0 Å². The normalized spacial score (nSPS) is 15.8. The van der Waals surface area contributed by atoms with Gasteiger partial charge in [0.05, 0.1) is 14.2 Å². The van der Waals surface area contributed by atoms with Crippen LogP contribution in [0.5, 0.6) is 11.5 Å². The molecule has 0 unspecified atom stereocenters. The monoisotopic (exact) mass is 344 g/mol. The van der Waals surface area contributed by atoms with Crippen molar-refractivity contribution in [3.8, 4) is 11.5 Å². The molecule has 2 aromatic carbocycles. The maximum Gasteiger partial charge on any atom is 0.123 e. The first-order valence-corrected chi connectivity index (χ1v) is 8.63. The van der Waals surface area contributed by atoms with Crippen molar-refractivity contribution in [2.75, 3.05) is 32.6 Å². The van der Waals surface area contributed by atoms with Crippen molar-refractivity contribution in [1.82, 2.24) is 4.90 Å². The molecule has 0 aromatic heterocycles. The molecular formula is C20H25FN2O2. The number of nitrogens with one attached hydrogen (secondary N) is 1. The molecule has 1 aliphatic rings. The minimum atomic E-state index is -0.201. The van der Waals surface area contributed by atoms with Crippen LogP contribution in [0.2, 0.25) is 0 Å². The summed E-state index contributed by atoms with van der Waals surface area (Å²) in [7, 11) is 3.38. The first-order valence-electron chi connectivity index (χ1n) is 8.63. The molecule has 1 heterocycles. The molecule has 25 heavy (non-hydrogen) atoms. The number of hydrogen-bond donors (Lipinski definition) is 1. The van der Waals surface area contributed by atoms with Crippen molar-refractivity contribution in [1.29, 1.82) is 0 Å². The van der Waals surface area contributed by atoms with Gasteiger partial charge < -0.3 is 14.8 Å². The summed E-state index contributed by atoms with van der Waals surface area (Å²) >= 11 is 0. The highest BCUT2D eigenvalue weighted by Crippen LogP contribution is 2.26. The second kappa shape index (κ2) is 8.21. The average molecular weight is 344 g/mol. The van der Waals surface area contributed by atoms with Gasteiger partial charge in [-0.05, 0) is 55.3 Å². The number of hydrogen-bond acceptors (Lipinski definition) is 4. The quantitative estimate of drug-likeness (QED) is 0.861. The van der Waals surface area contributed by atoms with E-state index in [0.29, 0.717) is 6.04 Å². The molecule has 0 bridgehead atoms. The van der Waals surface area contributed by atoms with Crippen LogP contribution in [-0.2, 0) is 6.54 Å².